The predicted octanol–water partition coefficient (Wildman–Crippen LogP) is 2.21. The van der Waals surface area contributed by atoms with Gasteiger partial charge in [-0.05, 0) is 47.9 Å². The maximum atomic E-state index is 6.25. The summed E-state index contributed by atoms with van der Waals surface area (Å²) in [4.78, 5) is 0.962. The van der Waals surface area contributed by atoms with Crippen LogP contribution in [0.2, 0.25) is 5.02 Å². The molecule has 0 unspecified atom stereocenters. The molecule has 0 aromatic heterocycles. The molecule has 2 nitrogen and oxygen atoms in total. The maximum absolute atomic E-state index is 6.25. The molecular formula is C9H17ClN2S. The highest BCUT2D eigenvalue weighted by Gasteiger charge is 2.38. The van der Waals surface area contributed by atoms with Crippen LogP contribution in [0, 0.1) is 0 Å². The molecule has 0 spiro atoms. The molecule has 0 atom stereocenters. The zero-order valence-electron chi connectivity index (χ0n) is 8.25. The summed E-state index contributed by atoms with van der Waals surface area (Å²) in [5, 5.41) is 13.2. The van der Waals surface area contributed by atoms with Crippen LogP contribution in [0.5, 0.6) is 0 Å². The van der Waals surface area contributed by atoms with E-state index in [0.29, 0.717) is 5.02 Å². The van der Waals surface area contributed by atoms with E-state index in [-0.39, 0.29) is 0 Å². The molecule has 0 heterocycles. The summed E-state index contributed by atoms with van der Waals surface area (Å²) in [5.41, 5.74) is 0. The van der Waals surface area contributed by atoms with Crippen molar-refractivity contribution in [2.24, 2.45) is 10.3 Å². The van der Waals surface area contributed by atoms with Crippen LogP contribution in [0.25, 0.3) is 0 Å². The molecule has 4 N–H and O–H groups in total. The molecule has 0 aliphatic carbocycles. The molecule has 1 aromatic rings. The van der Waals surface area contributed by atoms with E-state index in [1.54, 1.807) is 0 Å². The van der Waals surface area contributed by atoms with Crippen molar-refractivity contribution in [3.05, 3.63) is 29.3 Å². The molecular weight excluding hydrogens is 204 g/mol. The lowest BCUT2D eigenvalue weighted by Crippen LogP contribution is -2.49. The van der Waals surface area contributed by atoms with E-state index in [9.17, 15) is 0 Å². The Hall–Kier alpha value is -0.220. The van der Waals surface area contributed by atoms with E-state index in [1.807, 2.05) is 43.0 Å². The molecule has 0 radical (unpaired) electrons. The number of rotatable bonds is 1. The minimum Gasteiger partial charge on any atom is -0.295 e. The van der Waals surface area contributed by atoms with E-state index >= 15 is 0 Å². The molecule has 0 aliphatic rings. The summed E-state index contributed by atoms with van der Waals surface area (Å²) >= 11 is 5.78. The Labute approximate surface area is 83.8 Å². The van der Waals surface area contributed by atoms with Gasteiger partial charge in [0.2, 0.25) is 0 Å². The molecule has 1 rings (SSSR count). The van der Waals surface area contributed by atoms with Crippen LogP contribution in [0.15, 0.2) is 29.2 Å². The first-order valence-electron chi connectivity index (χ1n) is 3.91. The van der Waals surface area contributed by atoms with Gasteiger partial charge in [-0.25, -0.2) is 0 Å². The molecule has 0 bridgehead atoms. The fourth-order valence-corrected chi connectivity index (χ4v) is 2.39. The molecule has 0 amide bonds. The van der Waals surface area contributed by atoms with Gasteiger partial charge in [-0.1, -0.05) is 11.6 Å². The van der Waals surface area contributed by atoms with E-state index in [4.69, 9.17) is 21.9 Å². The standard InChI is InChI=1S/C9H17ClN2S/c1-13(2,3,11,12)9-6-4-8(10)5-7-9/h4-7H,11-12H2,1-3H3. The molecule has 4 heteroatoms. The smallest absolute Gasteiger partial charge is 0.0406 e. The first-order chi connectivity index (χ1) is 5.49. The quantitative estimate of drug-likeness (QED) is 0.763. The zero-order valence-corrected chi connectivity index (χ0v) is 9.82. The highest BCUT2D eigenvalue weighted by atomic mass is 35.5. The van der Waals surface area contributed by atoms with E-state index < -0.39 is 8.67 Å². The zero-order chi connectivity index (χ0) is 10.4. The lowest BCUT2D eigenvalue weighted by Gasteiger charge is -2.66. The number of nitrogens with two attached hydrogens (primary N) is 2. The van der Waals surface area contributed by atoms with Gasteiger partial charge in [0.05, 0.1) is 0 Å². The lowest BCUT2D eigenvalue weighted by atomic mass is 10.4. The highest BCUT2D eigenvalue weighted by Crippen LogP contribution is 2.73. The minimum absolute atomic E-state index is 0.700. The van der Waals surface area contributed by atoms with Gasteiger partial charge < -0.3 is 0 Å². The van der Waals surface area contributed by atoms with Crippen molar-refractivity contribution in [1.82, 2.24) is 0 Å². The number of benzene rings is 1. The third kappa shape index (κ3) is 2.88. The van der Waals surface area contributed by atoms with Crippen LogP contribution >= 0.6 is 20.3 Å². The average Bonchev–Trinajstić information content (AvgIpc) is 1.82. The van der Waals surface area contributed by atoms with Crippen molar-refractivity contribution < 1.29 is 0 Å². The molecule has 0 aliphatic heterocycles. The topological polar surface area (TPSA) is 52.0 Å². The van der Waals surface area contributed by atoms with E-state index in [1.165, 1.54) is 0 Å². The summed E-state index contributed by atoms with van der Waals surface area (Å²) in [7, 11) is -3.01. The fourth-order valence-electron chi connectivity index (χ4n) is 1.000. The van der Waals surface area contributed by atoms with Gasteiger partial charge in [0.15, 0.2) is 0 Å². The summed E-state index contributed by atoms with van der Waals surface area (Å²) in [5.74, 6) is 0. The Bertz CT molecular complexity index is 322. The van der Waals surface area contributed by atoms with Gasteiger partial charge in [0, 0.05) is 5.02 Å². The van der Waals surface area contributed by atoms with Gasteiger partial charge in [0.1, 0.15) is 0 Å². The minimum atomic E-state index is -3.01. The first-order valence-corrected chi connectivity index (χ1v) is 8.09. The largest absolute Gasteiger partial charge is 0.295 e. The Balaban J connectivity index is 3.34. The van der Waals surface area contributed by atoms with Crippen molar-refractivity contribution in [2.75, 3.05) is 18.8 Å². The normalized spacial score (nSPS) is 17.7. The molecule has 0 saturated heterocycles. The first kappa shape index (κ1) is 10.9. The van der Waals surface area contributed by atoms with Gasteiger partial charge in [0.25, 0.3) is 0 Å². The summed E-state index contributed by atoms with van der Waals surface area (Å²) < 4.78 is 0. The summed E-state index contributed by atoms with van der Waals surface area (Å²) in [6.45, 7) is 0. The van der Waals surface area contributed by atoms with Crippen molar-refractivity contribution in [3.8, 4) is 0 Å². The lowest BCUT2D eigenvalue weighted by molar-refractivity contribution is 1.32. The third-order valence-corrected chi connectivity index (χ3v) is 4.28. The molecule has 13 heavy (non-hydrogen) atoms. The predicted molar refractivity (Wildman–Crippen MR) is 63.5 cm³/mol. The van der Waals surface area contributed by atoms with Crippen LogP contribution in [-0.2, 0) is 0 Å². The van der Waals surface area contributed by atoms with Gasteiger partial charge in [-0.3, -0.25) is 10.3 Å². The third-order valence-electron chi connectivity index (χ3n) is 1.79. The second-order valence-electron chi connectivity index (χ2n) is 5.08. The Morgan fingerprint density at radius 2 is 1.38 bits per heavy atom. The van der Waals surface area contributed by atoms with Crippen molar-refractivity contribution >= 4 is 20.3 Å². The van der Waals surface area contributed by atoms with Crippen molar-refractivity contribution in [3.63, 3.8) is 0 Å². The van der Waals surface area contributed by atoms with Crippen LogP contribution in [0.3, 0.4) is 0 Å². The van der Waals surface area contributed by atoms with Gasteiger partial charge in [-0.2, -0.15) is 8.67 Å². The Morgan fingerprint density at radius 1 is 1.00 bits per heavy atom. The molecule has 1 aromatic carbocycles. The Kier molecular flexibility index (Phi) is 1.86. The molecule has 0 saturated carbocycles. The van der Waals surface area contributed by atoms with Crippen LogP contribution in [0.4, 0.5) is 0 Å². The van der Waals surface area contributed by atoms with Crippen molar-refractivity contribution in [1.29, 1.82) is 0 Å². The summed E-state index contributed by atoms with van der Waals surface area (Å²) in [6.07, 6.45) is 5.72. The fraction of sp³-hybridized carbons (Fsp3) is 0.333. The second kappa shape index (κ2) is 2.23. The second-order valence-corrected chi connectivity index (χ2v) is 13.2. The van der Waals surface area contributed by atoms with Crippen LogP contribution in [-0.4, -0.2) is 18.8 Å². The van der Waals surface area contributed by atoms with Crippen LogP contribution in [0.1, 0.15) is 0 Å². The average molecular weight is 221 g/mol. The SMILES string of the molecule is CS(C)(C)(N)(N)c1ccc(Cl)cc1. The highest BCUT2D eigenvalue weighted by molar-refractivity contribution is 8.60. The molecule has 0 fully saturated rings. The molecule has 76 valence electrons. The number of hydrogen-bond acceptors (Lipinski definition) is 2. The number of hydrogen-bond donors (Lipinski definition) is 2. The Morgan fingerprint density at radius 3 is 1.69 bits per heavy atom. The van der Waals surface area contributed by atoms with Crippen LogP contribution < -0.4 is 10.3 Å². The van der Waals surface area contributed by atoms with Gasteiger partial charge >= 0.3 is 0 Å². The summed E-state index contributed by atoms with van der Waals surface area (Å²) in [6, 6.07) is 7.41. The monoisotopic (exact) mass is 220 g/mol. The van der Waals surface area contributed by atoms with Gasteiger partial charge in [-0.15, -0.1) is 0 Å². The van der Waals surface area contributed by atoms with E-state index in [2.05, 4.69) is 0 Å². The van der Waals surface area contributed by atoms with E-state index in [0.717, 1.165) is 4.90 Å². The van der Waals surface area contributed by atoms with Crippen molar-refractivity contribution in [2.45, 2.75) is 4.90 Å². The maximum Gasteiger partial charge on any atom is 0.0406 e. The number of halogens is 1.